The average Bonchev–Trinajstić information content (AvgIpc) is 2.45. The number of nitrogens with zero attached hydrogens (tertiary/aromatic N) is 2. The molecule has 2 heterocycles. The van der Waals surface area contributed by atoms with Gasteiger partial charge >= 0.3 is 5.97 Å². The molecule has 1 aliphatic rings. The van der Waals surface area contributed by atoms with Gasteiger partial charge in [-0.1, -0.05) is 19.1 Å². The van der Waals surface area contributed by atoms with Gasteiger partial charge in [0.1, 0.15) is 0 Å². The van der Waals surface area contributed by atoms with Gasteiger partial charge in [0.15, 0.2) is 0 Å². The van der Waals surface area contributed by atoms with Crippen LogP contribution in [0.25, 0.3) is 10.9 Å². The normalized spacial score (nSPS) is 19.0. The van der Waals surface area contributed by atoms with Gasteiger partial charge in [0.25, 0.3) is 0 Å². The maximum absolute atomic E-state index is 11.4. The van der Waals surface area contributed by atoms with E-state index in [1.165, 1.54) is 12.8 Å². The number of pyridine rings is 1. The Bertz CT molecular complexity index is 696. The highest BCUT2D eigenvalue weighted by atomic mass is 16.4. The Labute approximate surface area is 124 Å². The number of anilines is 1. The topological polar surface area (TPSA) is 53.4 Å². The van der Waals surface area contributed by atoms with Gasteiger partial charge in [0, 0.05) is 29.9 Å². The second-order valence-corrected chi connectivity index (χ2v) is 5.98. The summed E-state index contributed by atoms with van der Waals surface area (Å²) in [5.41, 5.74) is 2.86. The second-order valence-electron chi connectivity index (χ2n) is 5.98. The standard InChI is InChI=1S/C17H20N2O2/c1-11-5-4-8-19(10-11)15-9-12(2)18-16-13(15)6-3-7-14(16)17(20)21/h3,6-7,9,11H,4-5,8,10H2,1-2H3,(H,20,21)/t11-/m0/s1. The van der Waals surface area contributed by atoms with Crippen molar-refractivity contribution in [3.8, 4) is 0 Å². The summed E-state index contributed by atoms with van der Waals surface area (Å²) < 4.78 is 0. The quantitative estimate of drug-likeness (QED) is 0.917. The molecule has 110 valence electrons. The van der Waals surface area contributed by atoms with Gasteiger partial charge in [-0.2, -0.15) is 0 Å². The third-order valence-corrected chi connectivity index (χ3v) is 4.17. The third-order valence-electron chi connectivity index (χ3n) is 4.17. The molecular weight excluding hydrogens is 264 g/mol. The predicted octanol–water partition coefficient (Wildman–Crippen LogP) is 3.48. The summed E-state index contributed by atoms with van der Waals surface area (Å²) >= 11 is 0. The lowest BCUT2D eigenvalue weighted by molar-refractivity contribution is 0.0699. The van der Waals surface area contributed by atoms with Crippen LogP contribution in [0.15, 0.2) is 24.3 Å². The van der Waals surface area contributed by atoms with Crippen molar-refractivity contribution >= 4 is 22.6 Å². The van der Waals surface area contributed by atoms with Crippen molar-refractivity contribution in [2.45, 2.75) is 26.7 Å². The van der Waals surface area contributed by atoms with Crippen molar-refractivity contribution in [3.05, 3.63) is 35.5 Å². The van der Waals surface area contributed by atoms with E-state index in [2.05, 4.69) is 22.9 Å². The van der Waals surface area contributed by atoms with Crippen molar-refractivity contribution in [1.82, 2.24) is 4.98 Å². The summed E-state index contributed by atoms with van der Waals surface area (Å²) in [6.07, 6.45) is 2.45. The van der Waals surface area contributed by atoms with Crippen LogP contribution in [0.1, 0.15) is 35.8 Å². The molecule has 0 saturated carbocycles. The van der Waals surface area contributed by atoms with Crippen LogP contribution in [-0.4, -0.2) is 29.1 Å². The lowest BCUT2D eigenvalue weighted by Crippen LogP contribution is -2.34. The van der Waals surface area contributed by atoms with Crippen LogP contribution in [0, 0.1) is 12.8 Å². The van der Waals surface area contributed by atoms with Gasteiger partial charge < -0.3 is 10.0 Å². The van der Waals surface area contributed by atoms with E-state index in [1.54, 1.807) is 12.1 Å². The summed E-state index contributed by atoms with van der Waals surface area (Å²) in [7, 11) is 0. The van der Waals surface area contributed by atoms with E-state index in [-0.39, 0.29) is 5.56 Å². The first-order chi connectivity index (χ1) is 10.1. The fraction of sp³-hybridized carbons (Fsp3) is 0.412. The number of hydrogen-bond acceptors (Lipinski definition) is 3. The fourth-order valence-electron chi connectivity index (χ4n) is 3.20. The number of benzene rings is 1. The van der Waals surface area contributed by atoms with Gasteiger partial charge in [0.2, 0.25) is 0 Å². The number of carbonyl (C=O) groups is 1. The first kappa shape index (κ1) is 13.9. The summed E-state index contributed by atoms with van der Waals surface area (Å²) in [5.74, 6) is -0.249. The Morgan fingerprint density at radius 2 is 2.24 bits per heavy atom. The molecule has 0 radical (unpaired) electrons. The Morgan fingerprint density at radius 1 is 1.43 bits per heavy atom. The zero-order chi connectivity index (χ0) is 15.0. The molecule has 0 bridgehead atoms. The molecule has 4 nitrogen and oxygen atoms in total. The minimum Gasteiger partial charge on any atom is -0.478 e. The number of fused-ring (bicyclic) bond motifs is 1. The molecule has 0 unspecified atom stereocenters. The van der Waals surface area contributed by atoms with Crippen LogP contribution >= 0.6 is 0 Å². The highest BCUT2D eigenvalue weighted by Crippen LogP contribution is 2.31. The fourth-order valence-corrected chi connectivity index (χ4v) is 3.20. The number of carboxylic acids is 1. The van der Waals surface area contributed by atoms with E-state index in [1.807, 2.05) is 13.0 Å². The second kappa shape index (κ2) is 5.35. The van der Waals surface area contributed by atoms with E-state index < -0.39 is 5.97 Å². The summed E-state index contributed by atoms with van der Waals surface area (Å²) in [5, 5.41) is 10.3. The SMILES string of the molecule is Cc1cc(N2CCC[C@H](C)C2)c2cccc(C(=O)O)c2n1. The molecule has 4 heteroatoms. The molecule has 21 heavy (non-hydrogen) atoms. The van der Waals surface area contributed by atoms with Gasteiger partial charge in [-0.25, -0.2) is 4.79 Å². The third kappa shape index (κ3) is 2.58. The van der Waals surface area contributed by atoms with Crippen LogP contribution in [-0.2, 0) is 0 Å². The molecule has 1 aromatic carbocycles. The van der Waals surface area contributed by atoms with Crippen LogP contribution < -0.4 is 4.90 Å². The molecule has 2 aromatic rings. The number of carboxylic acid groups (broad SMARTS) is 1. The number of aromatic nitrogens is 1. The minimum atomic E-state index is -0.920. The Hall–Kier alpha value is -2.10. The number of rotatable bonds is 2. The van der Waals surface area contributed by atoms with Gasteiger partial charge in [-0.15, -0.1) is 0 Å². The molecule has 0 aliphatic carbocycles. The summed E-state index contributed by atoms with van der Waals surface area (Å²) in [4.78, 5) is 18.2. The summed E-state index contributed by atoms with van der Waals surface area (Å²) in [6, 6.07) is 7.48. The highest BCUT2D eigenvalue weighted by Gasteiger charge is 2.20. The van der Waals surface area contributed by atoms with Gasteiger partial charge in [-0.05, 0) is 37.8 Å². The first-order valence-electron chi connectivity index (χ1n) is 7.45. The number of aryl methyl sites for hydroxylation is 1. The van der Waals surface area contributed by atoms with Crippen molar-refractivity contribution in [3.63, 3.8) is 0 Å². The molecule has 1 saturated heterocycles. The zero-order valence-corrected chi connectivity index (χ0v) is 12.5. The van der Waals surface area contributed by atoms with Crippen molar-refractivity contribution in [1.29, 1.82) is 0 Å². The van der Waals surface area contributed by atoms with E-state index in [9.17, 15) is 9.90 Å². The van der Waals surface area contributed by atoms with Crippen molar-refractivity contribution in [2.24, 2.45) is 5.92 Å². The Kier molecular flexibility index (Phi) is 3.53. The lowest BCUT2D eigenvalue weighted by atomic mass is 9.98. The molecule has 0 spiro atoms. The van der Waals surface area contributed by atoms with E-state index in [0.717, 1.165) is 29.9 Å². The van der Waals surface area contributed by atoms with E-state index in [0.29, 0.717) is 11.4 Å². The van der Waals surface area contributed by atoms with E-state index >= 15 is 0 Å². The van der Waals surface area contributed by atoms with E-state index in [4.69, 9.17) is 0 Å². The minimum absolute atomic E-state index is 0.280. The number of aromatic carboxylic acids is 1. The Balaban J connectivity index is 2.18. The summed E-state index contributed by atoms with van der Waals surface area (Å²) in [6.45, 7) is 6.25. The van der Waals surface area contributed by atoms with Gasteiger partial charge in [0.05, 0.1) is 11.1 Å². The maximum Gasteiger partial charge on any atom is 0.337 e. The van der Waals surface area contributed by atoms with Crippen molar-refractivity contribution in [2.75, 3.05) is 18.0 Å². The van der Waals surface area contributed by atoms with Crippen LogP contribution in [0.4, 0.5) is 5.69 Å². The first-order valence-corrected chi connectivity index (χ1v) is 7.45. The van der Waals surface area contributed by atoms with Crippen LogP contribution in [0.2, 0.25) is 0 Å². The predicted molar refractivity (Wildman–Crippen MR) is 84.1 cm³/mol. The molecular formula is C17H20N2O2. The van der Waals surface area contributed by atoms with Crippen LogP contribution in [0.3, 0.4) is 0 Å². The molecule has 1 aromatic heterocycles. The van der Waals surface area contributed by atoms with Gasteiger partial charge in [-0.3, -0.25) is 4.98 Å². The maximum atomic E-state index is 11.4. The monoisotopic (exact) mass is 284 g/mol. The molecule has 1 aliphatic heterocycles. The molecule has 1 atom stereocenters. The number of hydrogen-bond donors (Lipinski definition) is 1. The Morgan fingerprint density at radius 3 is 2.95 bits per heavy atom. The number of piperidine rings is 1. The van der Waals surface area contributed by atoms with Crippen molar-refractivity contribution < 1.29 is 9.90 Å². The highest BCUT2D eigenvalue weighted by molar-refractivity contribution is 6.05. The molecule has 3 rings (SSSR count). The average molecular weight is 284 g/mol. The number of para-hydroxylation sites is 1. The molecule has 1 N–H and O–H groups in total. The lowest BCUT2D eigenvalue weighted by Gasteiger charge is -2.33. The molecule has 0 amide bonds. The zero-order valence-electron chi connectivity index (χ0n) is 12.5. The smallest absolute Gasteiger partial charge is 0.337 e. The largest absolute Gasteiger partial charge is 0.478 e. The van der Waals surface area contributed by atoms with Crippen LogP contribution in [0.5, 0.6) is 0 Å². The molecule has 1 fully saturated rings.